The van der Waals surface area contributed by atoms with Crippen molar-refractivity contribution in [3.63, 3.8) is 0 Å². The van der Waals surface area contributed by atoms with Gasteiger partial charge >= 0.3 is 6.18 Å². The van der Waals surface area contributed by atoms with Gasteiger partial charge in [0.25, 0.3) is 0 Å². The van der Waals surface area contributed by atoms with Crippen molar-refractivity contribution in [1.29, 1.82) is 0 Å². The molecule has 2 nitrogen and oxygen atoms in total. The summed E-state index contributed by atoms with van der Waals surface area (Å²) in [6.07, 6.45) is -1.82. The molecule has 19 heavy (non-hydrogen) atoms. The number of benzene rings is 1. The van der Waals surface area contributed by atoms with Crippen molar-refractivity contribution in [1.82, 2.24) is 4.98 Å². The van der Waals surface area contributed by atoms with Crippen molar-refractivity contribution in [2.75, 3.05) is 0 Å². The van der Waals surface area contributed by atoms with Gasteiger partial charge in [0, 0.05) is 17.8 Å². The number of pyridine rings is 1. The smallest absolute Gasteiger partial charge is 0.417 e. The molecule has 0 unspecified atom stereocenters. The minimum absolute atomic E-state index is 0.263. The zero-order valence-corrected chi connectivity index (χ0v) is 9.72. The number of hydrogen-bond acceptors (Lipinski definition) is 2. The fourth-order valence-electron chi connectivity index (χ4n) is 1.63. The predicted molar refractivity (Wildman–Crippen MR) is 66.2 cm³/mol. The number of halogens is 3. The van der Waals surface area contributed by atoms with E-state index in [1.54, 1.807) is 18.2 Å². The molecule has 0 atom stereocenters. The molecule has 0 fully saturated rings. The summed E-state index contributed by atoms with van der Waals surface area (Å²) in [5.41, 5.74) is -0.752. The molecule has 0 aliphatic heterocycles. The van der Waals surface area contributed by atoms with Gasteiger partial charge in [0.1, 0.15) is 5.76 Å². The van der Waals surface area contributed by atoms with Gasteiger partial charge in [0.15, 0.2) is 0 Å². The maximum Gasteiger partial charge on any atom is 0.417 e. The second kappa shape index (κ2) is 5.14. The van der Waals surface area contributed by atoms with E-state index < -0.39 is 17.5 Å². The molecule has 0 amide bonds. The minimum Gasteiger partial charge on any atom is -0.507 e. The summed E-state index contributed by atoms with van der Waals surface area (Å²) in [7, 11) is 0. The Balaban J connectivity index is 2.45. The van der Waals surface area contributed by atoms with Crippen molar-refractivity contribution < 1.29 is 18.3 Å². The fourth-order valence-corrected chi connectivity index (χ4v) is 1.63. The molecule has 98 valence electrons. The fraction of sp³-hybridized carbons (Fsp3) is 0.0714. The third-order valence-electron chi connectivity index (χ3n) is 2.48. The lowest BCUT2D eigenvalue weighted by atomic mass is 10.0. The van der Waals surface area contributed by atoms with Gasteiger partial charge in [-0.3, -0.25) is 4.98 Å². The van der Waals surface area contributed by atoms with Crippen LogP contribution in [0.4, 0.5) is 13.2 Å². The molecule has 0 aliphatic rings. The van der Waals surface area contributed by atoms with Crippen LogP contribution < -0.4 is 0 Å². The molecule has 0 saturated heterocycles. The summed E-state index contributed by atoms with van der Waals surface area (Å²) in [4.78, 5) is 3.92. The first-order valence-electron chi connectivity index (χ1n) is 5.47. The summed E-state index contributed by atoms with van der Waals surface area (Å²) >= 11 is 0. The van der Waals surface area contributed by atoms with E-state index in [1.807, 2.05) is 0 Å². The first-order chi connectivity index (χ1) is 8.98. The second-order valence-electron chi connectivity index (χ2n) is 3.83. The first kappa shape index (κ1) is 13.1. The molecular weight excluding hydrogens is 255 g/mol. The highest BCUT2D eigenvalue weighted by molar-refractivity contribution is 5.76. The maximum atomic E-state index is 12.8. The monoisotopic (exact) mass is 265 g/mol. The predicted octanol–water partition coefficient (Wildman–Crippen LogP) is 4.16. The number of rotatable bonds is 2. The van der Waals surface area contributed by atoms with Crippen LogP contribution in [0.3, 0.4) is 0 Å². The molecule has 1 aromatic carbocycles. The largest absolute Gasteiger partial charge is 0.507 e. The maximum absolute atomic E-state index is 12.8. The number of hydrogen-bond donors (Lipinski definition) is 1. The quantitative estimate of drug-likeness (QED) is 0.827. The Kier molecular flexibility index (Phi) is 3.55. The summed E-state index contributed by atoms with van der Waals surface area (Å²) < 4.78 is 38.4. The standard InChI is InChI=1S/C14H10F3NO/c15-14(16,17)12-7-2-1-6-11(12)13(19)9-10-5-3-4-8-18-10/h1-9,19H/b13-9+. The van der Waals surface area contributed by atoms with Crippen LogP contribution in [0, 0.1) is 0 Å². The third kappa shape index (κ3) is 3.13. The number of aliphatic hydroxyl groups excluding tert-OH is 1. The zero-order chi connectivity index (χ0) is 13.9. The van der Waals surface area contributed by atoms with E-state index in [9.17, 15) is 18.3 Å². The van der Waals surface area contributed by atoms with Crippen LogP contribution in [-0.2, 0) is 6.18 Å². The van der Waals surface area contributed by atoms with E-state index in [1.165, 1.54) is 30.5 Å². The van der Waals surface area contributed by atoms with Gasteiger partial charge in [-0.1, -0.05) is 24.3 Å². The van der Waals surface area contributed by atoms with Crippen LogP contribution in [-0.4, -0.2) is 10.1 Å². The Hall–Kier alpha value is -2.30. The molecular formula is C14H10F3NO. The van der Waals surface area contributed by atoms with Gasteiger partial charge in [-0.15, -0.1) is 0 Å². The molecule has 2 aromatic rings. The highest BCUT2D eigenvalue weighted by Gasteiger charge is 2.33. The van der Waals surface area contributed by atoms with Crippen molar-refractivity contribution in [3.8, 4) is 0 Å². The molecule has 5 heteroatoms. The molecule has 0 saturated carbocycles. The van der Waals surface area contributed by atoms with Crippen LogP contribution in [0.5, 0.6) is 0 Å². The highest BCUT2D eigenvalue weighted by atomic mass is 19.4. The SMILES string of the molecule is O/C(=C/c1ccccn1)c1ccccc1C(F)(F)F. The van der Waals surface area contributed by atoms with Gasteiger partial charge in [-0.2, -0.15) is 13.2 Å². The summed E-state index contributed by atoms with van der Waals surface area (Å²) in [6, 6.07) is 9.81. The second-order valence-corrected chi connectivity index (χ2v) is 3.83. The topological polar surface area (TPSA) is 33.1 Å². The molecule has 0 spiro atoms. The molecule has 1 aromatic heterocycles. The van der Waals surface area contributed by atoms with Crippen molar-refractivity contribution in [2.24, 2.45) is 0 Å². The van der Waals surface area contributed by atoms with Crippen molar-refractivity contribution >= 4 is 11.8 Å². The number of alkyl halides is 3. The van der Waals surface area contributed by atoms with Gasteiger partial charge < -0.3 is 5.11 Å². The van der Waals surface area contributed by atoms with Crippen LogP contribution in [0.1, 0.15) is 16.8 Å². The Morgan fingerprint density at radius 3 is 2.37 bits per heavy atom. The average molecular weight is 265 g/mol. The Labute approximate surface area is 107 Å². The minimum atomic E-state index is -4.51. The zero-order valence-electron chi connectivity index (χ0n) is 9.72. The first-order valence-corrected chi connectivity index (χ1v) is 5.47. The number of aliphatic hydroxyl groups is 1. The molecule has 1 heterocycles. The molecule has 1 N–H and O–H groups in total. The third-order valence-corrected chi connectivity index (χ3v) is 2.48. The molecule has 2 rings (SSSR count). The lowest BCUT2D eigenvalue weighted by molar-refractivity contribution is -0.137. The normalized spacial score (nSPS) is 12.5. The van der Waals surface area contributed by atoms with Crippen LogP contribution in [0.15, 0.2) is 48.7 Å². The van der Waals surface area contributed by atoms with Crippen molar-refractivity contribution in [3.05, 3.63) is 65.5 Å². The molecule has 0 bridgehead atoms. The van der Waals surface area contributed by atoms with E-state index in [2.05, 4.69) is 4.98 Å². The van der Waals surface area contributed by atoms with E-state index in [-0.39, 0.29) is 5.56 Å². The summed E-state index contributed by atoms with van der Waals surface area (Å²) in [5, 5.41) is 9.84. The number of nitrogens with zero attached hydrogens (tertiary/aromatic N) is 1. The van der Waals surface area contributed by atoms with E-state index in [4.69, 9.17) is 0 Å². The van der Waals surface area contributed by atoms with E-state index in [0.717, 1.165) is 6.07 Å². The van der Waals surface area contributed by atoms with Gasteiger partial charge in [0.05, 0.1) is 11.3 Å². The van der Waals surface area contributed by atoms with E-state index >= 15 is 0 Å². The molecule has 0 radical (unpaired) electrons. The van der Waals surface area contributed by atoms with Crippen LogP contribution in [0.25, 0.3) is 11.8 Å². The van der Waals surface area contributed by atoms with E-state index in [0.29, 0.717) is 5.69 Å². The summed E-state index contributed by atoms with van der Waals surface area (Å²) in [6.45, 7) is 0. The van der Waals surface area contributed by atoms with Crippen molar-refractivity contribution in [2.45, 2.75) is 6.18 Å². The van der Waals surface area contributed by atoms with Gasteiger partial charge in [-0.05, 0) is 18.2 Å². The molecule has 0 aliphatic carbocycles. The van der Waals surface area contributed by atoms with Crippen LogP contribution >= 0.6 is 0 Å². The lowest BCUT2D eigenvalue weighted by Gasteiger charge is -2.11. The Morgan fingerprint density at radius 1 is 1.05 bits per heavy atom. The Bertz CT molecular complexity index is 591. The van der Waals surface area contributed by atoms with Gasteiger partial charge in [-0.25, -0.2) is 0 Å². The Morgan fingerprint density at radius 2 is 1.74 bits per heavy atom. The van der Waals surface area contributed by atoms with Gasteiger partial charge in [0.2, 0.25) is 0 Å². The highest BCUT2D eigenvalue weighted by Crippen LogP contribution is 2.34. The number of aromatic nitrogens is 1. The van der Waals surface area contributed by atoms with Crippen LogP contribution in [0.2, 0.25) is 0 Å². The average Bonchev–Trinajstić information content (AvgIpc) is 2.39. The summed E-state index contributed by atoms with van der Waals surface area (Å²) in [5.74, 6) is -0.466. The lowest BCUT2D eigenvalue weighted by Crippen LogP contribution is -2.08.